The predicted octanol–water partition coefficient (Wildman–Crippen LogP) is 3.88. The van der Waals surface area contributed by atoms with E-state index >= 15 is 0 Å². The largest absolute Gasteiger partial charge is 0.352 e. The minimum atomic E-state index is -0.495. The van der Waals surface area contributed by atoms with E-state index in [0.717, 1.165) is 11.1 Å². The van der Waals surface area contributed by atoms with Gasteiger partial charge in [0.1, 0.15) is 5.82 Å². The Hall–Kier alpha value is -2.16. The van der Waals surface area contributed by atoms with Crippen LogP contribution < -0.4 is 5.32 Å². The smallest absolute Gasteiger partial charge is 0.254 e. The molecule has 0 saturated heterocycles. The Morgan fingerprint density at radius 2 is 1.80 bits per heavy atom. The molecule has 20 heavy (non-hydrogen) atoms. The van der Waals surface area contributed by atoms with E-state index in [1.807, 2.05) is 44.2 Å². The number of nitrogens with one attached hydrogen (secondary N) is 1. The average molecular weight is 271 g/mol. The molecule has 0 atom stereocenters. The van der Waals surface area contributed by atoms with Crippen LogP contribution in [0.5, 0.6) is 0 Å². The van der Waals surface area contributed by atoms with Crippen LogP contribution in [0.25, 0.3) is 11.1 Å². The van der Waals surface area contributed by atoms with E-state index in [9.17, 15) is 9.18 Å². The van der Waals surface area contributed by atoms with E-state index in [1.54, 1.807) is 12.1 Å². The Morgan fingerprint density at radius 1 is 1.10 bits per heavy atom. The van der Waals surface area contributed by atoms with Crippen LogP contribution in [0, 0.1) is 11.7 Å². The van der Waals surface area contributed by atoms with Gasteiger partial charge in [0, 0.05) is 6.54 Å². The van der Waals surface area contributed by atoms with Gasteiger partial charge in [0.2, 0.25) is 0 Å². The fourth-order valence-electron chi connectivity index (χ4n) is 1.90. The maximum atomic E-state index is 13.8. The molecule has 2 rings (SSSR count). The number of amides is 1. The third-order valence-corrected chi connectivity index (χ3v) is 2.99. The molecule has 3 heteroatoms. The number of carbonyl (C=O) groups is 1. The molecule has 0 aliphatic heterocycles. The minimum absolute atomic E-state index is 0.0898. The van der Waals surface area contributed by atoms with Gasteiger partial charge in [0.25, 0.3) is 5.91 Å². The van der Waals surface area contributed by atoms with Gasteiger partial charge in [-0.15, -0.1) is 0 Å². The standard InChI is InChI=1S/C17H18FNO/c1-12(2)11-19-17(20)15-10-14(8-9-16(15)18)13-6-4-3-5-7-13/h3-10,12H,11H2,1-2H3,(H,19,20). The molecular formula is C17H18FNO. The molecule has 0 unspecified atom stereocenters. The Morgan fingerprint density at radius 3 is 2.45 bits per heavy atom. The van der Waals surface area contributed by atoms with E-state index in [2.05, 4.69) is 5.32 Å². The van der Waals surface area contributed by atoms with Gasteiger partial charge in [-0.3, -0.25) is 4.79 Å². The quantitative estimate of drug-likeness (QED) is 0.898. The Kier molecular flexibility index (Phi) is 4.51. The SMILES string of the molecule is CC(C)CNC(=O)c1cc(-c2ccccc2)ccc1F. The molecule has 0 bridgehead atoms. The van der Waals surface area contributed by atoms with Crippen molar-refractivity contribution in [2.45, 2.75) is 13.8 Å². The topological polar surface area (TPSA) is 29.1 Å². The molecule has 104 valence electrons. The number of carbonyl (C=O) groups excluding carboxylic acids is 1. The zero-order chi connectivity index (χ0) is 14.5. The molecule has 2 aromatic rings. The van der Waals surface area contributed by atoms with Crippen LogP contribution in [-0.2, 0) is 0 Å². The third kappa shape index (κ3) is 3.44. The highest BCUT2D eigenvalue weighted by atomic mass is 19.1. The molecule has 2 aromatic carbocycles. The molecule has 1 N–H and O–H groups in total. The lowest BCUT2D eigenvalue weighted by Gasteiger charge is -2.10. The Balaban J connectivity index is 2.27. The summed E-state index contributed by atoms with van der Waals surface area (Å²) in [5.74, 6) is -0.528. The Labute approximate surface area is 118 Å². The first kappa shape index (κ1) is 14.3. The fraction of sp³-hybridized carbons (Fsp3) is 0.235. The number of rotatable bonds is 4. The molecular weight excluding hydrogens is 253 g/mol. The lowest BCUT2D eigenvalue weighted by molar-refractivity contribution is 0.0945. The summed E-state index contributed by atoms with van der Waals surface area (Å²) in [7, 11) is 0. The van der Waals surface area contributed by atoms with Crippen LogP contribution in [0.3, 0.4) is 0 Å². The highest BCUT2D eigenvalue weighted by Crippen LogP contribution is 2.21. The lowest BCUT2D eigenvalue weighted by Crippen LogP contribution is -2.28. The molecule has 0 heterocycles. The van der Waals surface area contributed by atoms with E-state index < -0.39 is 5.82 Å². The van der Waals surface area contributed by atoms with Crippen molar-refractivity contribution in [2.24, 2.45) is 5.92 Å². The van der Waals surface area contributed by atoms with Crippen molar-refractivity contribution in [1.82, 2.24) is 5.32 Å². The average Bonchev–Trinajstić information content (AvgIpc) is 2.46. The molecule has 0 aliphatic carbocycles. The van der Waals surface area contributed by atoms with Crippen molar-refractivity contribution in [1.29, 1.82) is 0 Å². The van der Waals surface area contributed by atoms with Gasteiger partial charge in [-0.1, -0.05) is 50.2 Å². The van der Waals surface area contributed by atoms with Crippen LogP contribution in [0.4, 0.5) is 4.39 Å². The van der Waals surface area contributed by atoms with Crippen LogP contribution in [-0.4, -0.2) is 12.5 Å². The summed E-state index contributed by atoms with van der Waals surface area (Å²) < 4.78 is 13.8. The first-order valence-electron chi connectivity index (χ1n) is 6.71. The summed E-state index contributed by atoms with van der Waals surface area (Å²) in [6, 6.07) is 14.2. The van der Waals surface area contributed by atoms with Crippen molar-refractivity contribution < 1.29 is 9.18 Å². The summed E-state index contributed by atoms with van der Waals surface area (Å²) in [4.78, 5) is 12.0. The molecule has 0 saturated carbocycles. The second-order valence-corrected chi connectivity index (χ2v) is 5.16. The van der Waals surface area contributed by atoms with Crippen molar-refractivity contribution in [3.8, 4) is 11.1 Å². The molecule has 2 nitrogen and oxygen atoms in total. The van der Waals surface area contributed by atoms with Gasteiger partial charge >= 0.3 is 0 Å². The first-order chi connectivity index (χ1) is 9.58. The fourth-order valence-corrected chi connectivity index (χ4v) is 1.90. The molecule has 0 radical (unpaired) electrons. The number of hydrogen-bond acceptors (Lipinski definition) is 1. The third-order valence-electron chi connectivity index (χ3n) is 2.99. The van der Waals surface area contributed by atoms with Crippen molar-refractivity contribution in [3.05, 3.63) is 59.9 Å². The summed E-state index contributed by atoms with van der Waals surface area (Å²) in [5.41, 5.74) is 1.89. The van der Waals surface area contributed by atoms with Crippen molar-refractivity contribution in [2.75, 3.05) is 6.54 Å². The molecule has 0 fully saturated rings. The van der Waals surface area contributed by atoms with Gasteiger partial charge in [0.15, 0.2) is 0 Å². The van der Waals surface area contributed by atoms with Crippen molar-refractivity contribution in [3.63, 3.8) is 0 Å². The molecule has 0 aliphatic rings. The minimum Gasteiger partial charge on any atom is -0.352 e. The van der Waals surface area contributed by atoms with Gasteiger partial charge in [-0.25, -0.2) is 4.39 Å². The van der Waals surface area contributed by atoms with Gasteiger partial charge < -0.3 is 5.32 Å². The molecule has 0 aromatic heterocycles. The molecule has 1 amide bonds. The van der Waals surface area contributed by atoms with Crippen LogP contribution in [0.1, 0.15) is 24.2 Å². The Bertz CT molecular complexity index is 593. The van der Waals surface area contributed by atoms with Crippen LogP contribution >= 0.6 is 0 Å². The highest BCUT2D eigenvalue weighted by Gasteiger charge is 2.13. The van der Waals surface area contributed by atoms with Gasteiger partial charge in [0.05, 0.1) is 5.56 Å². The summed E-state index contributed by atoms with van der Waals surface area (Å²) in [6.45, 7) is 4.53. The number of halogens is 1. The van der Waals surface area contributed by atoms with E-state index in [4.69, 9.17) is 0 Å². The van der Waals surface area contributed by atoms with E-state index in [1.165, 1.54) is 6.07 Å². The zero-order valence-corrected chi connectivity index (χ0v) is 11.7. The molecule has 0 spiro atoms. The normalized spacial score (nSPS) is 10.6. The maximum absolute atomic E-state index is 13.8. The second-order valence-electron chi connectivity index (χ2n) is 5.16. The number of benzene rings is 2. The summed E-state index contributed by atoms with van der Waals surface area (Å²) >= 11 is 0. The maximum Gasteiger partial charge on any atom is 0.254 e. The first-order valence-corrected chi connectivity index (χ1v) is 6.71. The van der Waals surface area contributed by atoms with Crippen LogP contribution in [0.15, 0.2) is 48.5 Å². The summed E-state index contributed by atoms with van der Waals surface area (Å²) in [6.07, 6.45) is 0. The summed E-state index contributed by atoms with van der Waals surface area (Å²) in [5, 5.41) is 2.74. The van der Waals surface area contributed by atoms with Crippen molar-refractivity contribution >= 4 is 5.91 Å². The van der Waals surface area contributed by atoms with E-state index in [0.29, 0.717) is 12.5 Å². The van der Waals surface area contributed by atoms with Gasteiger partial charge in [-0.2, -0.15) is 0 Å². The van der Waals surface area contributed by atoms with Gasteiger partial charge in [-0.05, 0) is 29.2 Å². The van der Waals surface area contributed by atoms with E-state index in [-0.39, 0.29) is 11.5 Å². The lowest BCUT2D eigenvalue weighted by atomic mass is 10.0. The predicted molar refractivity (Wildman–Crippen MR) is 79.0 cm³/mol. The highest BCUT2D eigenvalue weighted by molar-refractivity contribution is 5.95. The monoisotopic (exact) mass is 271 g/mol. The zero-order valence-electron chi connectivity index (χ0n) is 11.7. The second kappa shape index (κ2) is 6.33. The van der Waals surface area contributed by atoms with Crippen LogP contribution in [0.2, 0.25) is 0 Å². The number of hydrogen-bond donors (Lipinski definition) is 1.